The van der Waals surface area contributed by atoms with Crippen molar-refractivity contribution < 1.29 is 23.8 Å². The van der Waals surface area contributed by atoms with E-state index >= 15 is 0 Å². The lowest BCUT2D eigenvalue weighted by Crippen LogP contribution is -2.12. The predicted octanol–water partition coefficient (Wildman–Crippen LogP) is 3.56. The van der Waals surface area contributed by atoms with E-state index in [4.69, 9.17) is 14.2 Å². The standard InChI is InChI=1S/C21H21N3O5/c1-12(25)13-6-5-7-14(8-13)21(26)22-19-11-16(23-24-19)15-9-17(27-2)20(29-4)18(10-15)28-3/h5-11H,1-4H3,(H2,22,23,24,26). The van der Waals surface area contributed by atoms with E-state index in [0.717, 1.165) is 5.56 Å². The van der Waals surface area contributed by atoms with Crippen molar-refractivity contribution in [2.75, 3.05) is 26.6 Å². The average molecular weight is 395 g/mol. The van der Waals surface area contributed by atoms with Gasteiger partial charge in [0.2, 0.25) is 5.75 Å². The van der Waals surface area contributed by atoms with Crippen LogP contribution in [0.3, 0.4) is 0 Å². The van der Waals surface area contributed by atoms with Gasteiger partial charge in [-0.05, 0) is 31.2 Å². The van der Waals surface area contributed by atoms with Crippen molar-refractivity contribution >= 4 is 17.5 Å². The number of rotatable bonds is 7. The summed E-state index contributed by atoms with van der Waals surface area (Å²) in [4.78, 5) is 24.0. The molecule has 8 heteroatoms. The molecule has 0 aliphatic heterocycles. The number of H-pyrrole nitrogens is 1. The molecule has 0 fully saturated rings. The van der Waals surface area contributed by atoms with Crippen LogP contribution in [0.4, 0.5) is 5.82 Å². The molecule has 3 rings (SSSR count). The van der Waals surface area contributed by atoms with Crippen LogP contribution in [0.2, 0.25) is 0 Å². The summed E-state index contributed by atoms with van der Waals surface area (Å²) < 4.78 is 16.1. The van der Waals surface area contributed by atoms with Crippen molar-refractivity contribution in [3.63, 3.8) is 0 Å². The molecule has 3 aromatic rings. The van der Waals surface area contributed by atoms with Crippen LogP contribution in [-0.4, -0.2) is 43.2 Å². The van der Waals surface area contributed by atoms with Crippen molar-refractivity contribution in [2.45, 2.75) is 6.92 Å². The van der Waals surface area contributed by atoms with E-state index < -0.39 is 0 Å². The number of anilines is 1. The molecule has 2 aromatic carbocycles. The zero-order chi connectivity index (χ0) is 21.0. The Kier molecular flexibility index (Phi) is 5.82. The van der Waals surface area contributed by atoms with Gasteiger partial charge in [0.25, 0.3) is 5.91 Å². The maximum atomic E-state index is 12.5. The summed E-state index contributed by atoms with van der Waals surface area (Å²) in [7, 11) is 4.61. The minimum Gasteiger partial charge on any atom is -0.493 e. The van der Waals surface area contributed by atoms with Gasteiger partial charge < -0.3 is 19.5 Å². The van der Waals surface area contributed by atoms with Crippen molar-refractivity contribution in [2.24, 2.45) is 0 Å². The predicted molar refractivity (Wildman–Crippen MR) is 108 cm³/mol. The highest BCUT2D eigenvalue weighted by Gasteiger charge is 2.16. The Morgan fingerprint density at radius 3 is 2.17 bits per heavy atom. The molecule has 0 aliphatic carbocycles. The first-order valence-corrected chi connectivity index (χ1v) is 8.75. The molecule has 0 aliphatic rings. The number of hydrogen-bond acceptors (Lipinski definition) is 6. The number of methoxy groups -OCH3 is 3. The molecule has 0 saturated heterocycles. The molecule has 29 heavy (non-hydrogen) atoms. The van der Waals surface area contributed by atoms with Gasteiger partial charge in [0.05, 0.1) is 27.0 Å². The number of nitrogens with zero attached hydrogens (tertiary/aromatic N) is 1. The molecule has 1 heterocycles. The number of benzene rings is 2. The van der Waals surface area contributed by atoms with Crippen molar-refractivity contribution in [3.05, 3.63) is 53.6 Å². The SMILES string of the molecule is COc1cc(-c2cc(NC(=O)c3cccc(C(C)=O)c3)n[nH]2)cc(OC)c1OC. The zero-order valence-corrected chi connectivity index (χ0v) is 16.5. The van der Waals surface area contributed by atoms with Crippen LogP contribution in [0, 0.1) is 0 Å². The second-order valence-electron chi connectivity index (χ2n) is 6.17. The third-order valence-corrected chi connectivity index (χ3v) is 4.33. The van der Waals surface area contributed by atoms with Gasteiger partial charge in [0, 0.05) is 22.8 Å². The number of Topliss-reactive ketones (excluding diaryl/α,β-unsaturated/α-hetero) is 1. The Balaban J connectivity index is 1.85. The fourth-order valence-electron chi connectivity index (χ4n) is 2.84. The van der Waals surface area contributed by atoms with Crippen LogP contribution >= 0.6 is 0 Å². The van der Waals surface area contributed by atoms with Crippen LogP contribution in [0.15, 0.2) is 42.5 Å². The lowest BCUT2D eigenvalue weighted by Gasteiger charge is -2.13. The summed E-state index contributed by atoms with van der Waals surface area (Å²) in [6.07, 6.45) is 0. The highest BCUT2D eigenvalue weighted by atomic mass is 16.5. The smallest absolute Gasteiger partial charge is 0.256 e. The summed E-state index contributed by atoms with van der Waals surface area (Å²) in [6.45, 7) is 1.45. The maximum absolute atomic E-state index is 12.5. The van der Waals surface area contributed by atoms with Crippen molar-refractivity contribution in [1.29, 1.82) is 0 Å². The van der Waals surface area contributed by atoms with Gasteiger partial charge >= 0.3 is 0 Å². The minimum absolute atomic E-state index is 0.107. The number of aromatic amines is 1. The summed E-state index contributed by atoms with van der Waals surface area (Å²) in [6, 6.07) is 11.7. The first-order valence-electron chi connectivity index (χ1n) is 8.75. The minimum atomic E-state index is -0.365. The number of carbonyl (C=O) groups is 2. The summed E-state index contributed by atoms with van der Waals surface area (Å²) in [5, 5.41) is 9.72. The molecule has 0 radical (unpaired) electrons. The van der Waals surface area contributed by atoms with Crippen molar-refractivity contribution in [3.8, 4) is 28.5 Å². The molecule has 2 N–H and O–H groups in total. The third-order valence-electron chi connectivity index (χ3n) is 4.33. The van der Waals surface area contributed by atoms with Crippen LogP contribution in [0.25, 0.3) is 11.3 Å². The molecule has 0 saturated carbocycles. The molecule has 1 aromatic heterocycles. The maximum Gasteiger partial charge on any atom is 0.256 e. The molecular formula is C21H21N3O5. The number of ether oxygens (including phenoxy) is 3. The summed E-state index contributed by atoms with van der Waals surface area (Å²) in [5.74, 6) is 1.36. The number of amides is 1. The van der Waals surface area contributed by atoms with Gasteiger partial charge in [0.15, 0.2) is 23.1 Å². The normalized spacial score (nSPS) is 10.3. The topological polar surface area (TPSA) is 103 Å². The number of nitrogens with one attached hydrogen (secondary N) is 2. The monoisotopic (exact) mass is 395 g/mol. The highest BCUT2D eigenvalue weighted by Crippen LogP contribution is 2.41. The lowest BCUT2D eigenvalue weighted by atomic mass is 10.1. The lowest BCUT2D eigenvalue weighted by molar-refractivity contribution is 0.101. The van der Waals surface area contributed by atoms with E-state index in [1.54, 1.807) is 42.5 Å². The number of hydrogen-bond donors (Lipinski definition) is 2. The third kappa shape index (κ3) is 4.21. The Bertz CT molecular complexity index is 1030. The van der Waals surface area contributed by atoms with E-state index in [0.29, 0.717) is 39.9 Å². The van der Waals surface area contributed by atoms with Crippen LogP contribution in [-0.2, 0) is 0 Å². The summed E-state index contributed by atoms with van der Waals surface area (Å²) >= 11 is 0. The Hall–Kier alpha value is -3.81. The van der Waals surface area contributed by atoms with Gasteiger partial charge in [-0.2, -0.15) is 5.10 Å². The fourth-order valence-corrected chi connectivity index (χ4v) is 2.84. The van der Waals surface area contributed by atoms with Crippen LogP contribution in [0.5, 0.6) is 17.2 Å². The van der Waals surface area contributed by atoms with Crippen LogP contribution in [0.1, 0.15) is 27.6 Å². The Morgan fingerprint density at radius 1 is 0.931 bits per heavy atom. The van der Waals surface area contributed by atoms with Gasteiger partial charge in [-0.25, -0.2) is 0 Å². The second-order valence-corrected chi connectivity index (χ2v) is 6.17. The molecule has 8 nitrogen and oxygen atoms in total. The molecule has 0 bridgehead atoms. The molecular weight excluding hydrogens is 374 g/mol. The van der Waals surface area contributed by atoms with Gasteiger partial charge in [-0.15, -0.1) is 0 Å². The van der Waals surface area contributed by atoms with E-state index in [9.17, 15) is 9.59 Å². The van der Waals surface area contributed by atoms with Crippen molar-refractivity contribution in [1.82, 2.24) is 10.2 Å². The van der Waals surface area contributed by atoms with Gasteiger partial charge in [0.1, 0.15) is 0 Å². The Labute approximate surface area is 167 Å². The second kappa shape index (κ2) is 8.47. The van der Waals surface area contributed by atoms with E-state index in [1.165, 1.54) is 28.3 Å². The van der Waals surface area contributed by atoms with Crippen LogP contribution < -0.4 is 19.5 Å². The number of carbonyl (C=O) groups excluding carboxylic acids is 2. The fraction of sp³-hybridized carbons (Fsp3) is 0.190. The van der Waals surface area contributed by atoms with E-state index in [-0.39, 0.29) is 11.7 Å². The van der Waals surface area contributed by atoms with E-state index in [2.05, 4.69) is 15.5 Å². The molecule has 0 atom stereocenters. The molecule has 150 valence electrons. The number of ketones is 1. The summed E-state index contributed by atoms with van der Waals surface area (Å²) in [5.41, 5.74) is 2.23. The molecule has 0 unspecified atom stereocenters. The first-order chi connectivity index (χ1) is 14.0. The quantitative estimate of drug-likeness (QED) is 0.593. The average Bonchev–Trinajstić information content (AvgIpc) is 3.21. The zero-order valence-electron chi connectivity index (χ0n) is 16.5. The largest absolute Gasteiger partial charge is 0.493 e. The van der Waals surface area contributed by atoms with Gasteiger partial charge in [-0.3, -0.25) is 14.7 Å². The van der Waals surface area contributed by atoms with E-state index in [1.807, 2.05) is 0 Å². The highest BCUT2D eigenvalue weighted by molar-refractivity contribution is 6.05. The first kappa shape index (κ1) is 19.9. The Morgan fingerprint density at radius 2 is 1.59 bits per heavy atom. The molecule has 1 amide bonds. The molecule has 0 spiro atoms. The number of aromatic nitrogens is 2. The van der Waals surface area contributed by atoms with Gasteiger partial charge in [-0.1, -0.05) is 12.1 Å².